The van der Waals surface area contributed by atoms with Crippen molar-refractivity contribution in [3.8, 4) is 0 Å². The highest BCUT2D eigenvalue weighted by atomic mass is 35.5. The van der Waals surface area contributed by atoms with Crippen molar-refractivity contribution in [3.63, 3.8) is 0 Å². The monoisotopic (exact) mass is 542 g/mol. The molecule has 0 spiro atoms. The first-order chi connectivity index (χ1) is 18.2. The second kappa shape index (κ2) is 12.0. The van der Waals surface area contributed by atoms with Crippen LogP contribution in [-0.2, 0) is 9.53 Å². The van der Waals surface area contributed by atoms with E-state index in [0.717, 1.165) is 0 Å². The zero-order valence-corrected chi connectivity index (χ0v) is 22.5. The fourth-order valence-corrected chi connectivity index (χ4v) is 5.17. The number of nitrogens with zero attached hydrogens (tertiary/aromatic N) is 3. The third kappa shape index (κ3) is 5.68. The summed E-state index contributed by atoms with van der Waals surface area (Å²) in [4.78, 5) is 44.8. The van der Waals surface area contributed by atoms with Crippen LogP contribution in [0.5, 0.6) is 0 Å². The van der Waals surface area contributed by atoms with Crippen molar-refractivity contribution < 1.29 is 23.5 Å². The van der Waals surface area contributed by atoms with E-state index in [0.29, 0.717) is 54.6 Å². The number of halogens is 2. The Morgan fingerprint density at radius 2 is 1.82 bits per heavy atom. The molecule has 10 heteroatoms. The fraction of sp³-hybridized carbons (Fsp3) is 0.393. The summed E-state index contributed by atoms with van der Waals surface area (Å²) in [6, 6.07) is 11.7. The molecule has 3 amide bonds. The minimum Gasteiger partial charge on any atom is -0.463 e. The van der Waals surface area contributed by atoms with Crippen LogP contribution in [0.15, 0.2) is 59.8 Å². The maximum atomic E-state index is 14.2. The Labute approximate surface area is 227 Å². The van der Waals surface area contributed by atoms with Crippen molar-refractivity contribution in [1.29, 1.82) is 0 Å². The molecule has 1 N–H and O–H groups in total. The third-order valence-corrected chi connectivity index (χ3v) is 7.16. The van der Waals surface area contributed by atoms with Crippen molar-refractivity contribution in [2.45, 2.75) is 32.9 Å². The molecule has 4 rings (SSSR count). The van der Waals surface area contributed by atoms with Gasteiger partial charge < -0.3 is 15.0 Å². The fourth-order valence-electron chi connectivity index (χ4n) is 5.04. The number of rotatable bonds is 7. The number of carbonyl (C=O) groups is 3. The SMILES string of the molecule is CCOC(=O)C1=C(CN2CCN(C(=O)c3ccccc3F)[C@@H](C)C2)N(CC)C(=O)N[C@@H]1c1ccc(Cl)cc1. The quantitative estimate of drug-likeness (QED) is 0.530. The van der Waals surface area contributed by atoms with Gasteiger partial charge in [0.2, 0.25) is 0 Å². The second-order valence-electron chi connectivity index (χ2n) is 9.32. The first-order valence-electron chi connectivity index (χ1n) is 12.8. The summed E-state index contributed by atoms with van der Waals surface area (Å²) >= 11 is 6.07. The number of likely N-dealkylation sites (N-methyl/N-ethyl adjacent to an activating group) is 1. The summed E-state index contributed by atoms with van der Waals surface area (Å²) < 4.78 is 19.7. The van der Waals surface area contributed by atoms with Crippen LogP contribution in [0.25, 0.3) is 0 Å². The van der Waals surface area contributed by atoms with Crippen LogP contribution in [0, 0.1) is 5.82 Å². The lowest BCUT2D eigenvalue weighted by Gasteiger charge is -2.43. The molecule has 0 bridgehead atoms. The van der Waals surface area contributed by atoms with Gasteiger partial charge in [-0.1, -0.05) is 35.9 Å². The normalized spacial score (nSPS) is 20.4. The van der Waals surface area contributed by atoms with E-state index in [1.165, 1.54) is 12.1 Å². The van der Waals surface area contributed by atoms with Crippen molar-refractivity contribution in [2.75, 3.05) is 39.3 Å². The molecule has 0 aliphatic carbocycles. The molecule has 8 nitrogen and oxygen atoms in total. The summed E-state index contributed by atoms with van der Waals surface area (Å²) in [6.45, 7) is 7.73. The first kappa shape index (κ1) is 27.6. The van der Waals surface area contributed by atoms with Gasteiger partial charge in [0.25, 0.3) is 5.91 Å². The van der Waals surface area contributed by atoms with Crippen LogP contribution in [0.1, 0.15) is 42.7 Å². The van der Waals surface area contributed by atoms with E-state index in [1.54, 1.807) is 53.1 Å². The van der Waals surface area contributed by atoms with Gasteiger partial charge in [-0.25, -0.2) is 14.0 Å². The lowest BCUT2D eigenvalue weighted by molar-refractivity contribution is -0.139. The van der Waals surface area contributed by atoms with E-state index in [9.17, 15) is 18.8 Å². The van der Waals surface area contributed by atoms with Gasteiger partial charge in [-0.05, 0) is 50.6 Å². The number of carbonyl (C=O) groups excluding carboxylic acids is 3. The highest BCUT2D eigenvalue weighted by Crippen LogP contribution is 2.33. The van der Waals surface area contributed by atoms with E-state index in [1.807, 2.05) is 13.8 Å². The minimum atomic E-state index is -0.696. The zero-order valence-electron chi connectivity index (χ0n) is 21.7. The number of ether oxygens (including phenoxy) is 1. The average molecular weight is 543 g/mol. The molecule has 2 heterocycles. The number of piperazine rings is 1. The number of benzene rings is 2. The molecule has 0 aromatic heterocycles. The van der Waals surface area contributed by atoms with Crippen LogP contribution < -0.4 is 5.32 Å². The smallest absolute Gasteiger partial charge is 0.338 e. The van der Waals surface area contributed by atoms with Gasteiger partial charge in [-0.2, -0.15) is 0 Å². The zero-order chi connectivity index (χ0) is 27.4. The molecule has 0 unspecified atom stereocenters. The third-order valence-electron chi connectivity index (χ3n) is 6.90. The van der Waals surface area contributed by atoms with Crippen LogP contribution in [0.2, 0.25) is 5.02 Å². The lowest BCUT2D eigenvalue weighted by Crippen LogP contribution is -2.56. The Morgan fingerprint density at radius 3 is 2.45 bits per heavy atom. The maximum absolute atomic E-state index is 14.2. The largest absolute Gasteiger partial charge is 0.463 e. The van der Waals surface area contributed by atoms with E-state index in [2.05, 4.69) is 10.2 Å². The standard InChI is InChI=1S/C28H32ClFN4O4/c1-4-33-23(17-32-14-15-34(18(3)16-32)26(35)21-8-6-7-9-22(21)30)24(27(36)38-5-2)25(31-28(33)37)19-10-12-20(29)13-11-19/h6-13,18,25H,4-5,14-17H2,1-3H3,(H,31,37)/t18-,25+/m0/s1. The summed E-state index contributed by atoms with van der Waals surface area (Å²) in [5, 5.41) is 3.49. The molecule has 2 atom stereocenters. The predicted molar refractivity (Wildman–Crippen MR) is 142 cm³/mol. The summed E-state index contributed by atoms with van der Waals surface area (Å²) in [5.41, 5.74) is 1.70. The van der Waals surface area contributed by atoms with Crippen molar-refractivity contribution in [1.82, 2.24) is 20.0 Å². The minimum absolute atomic E-state index is 0.0482. The van der Waals surface area contributed by atoms with Crippen molar-refractivity contribution >= 4 is 29.5 Å². The molecule has 38 heavy (non-hydrogen) atoms. The highest BCUT2D eigenvalue weighted by Gasteiger charge is 2.39. The van der Waals surface area contributed by atoms with Crippen LogP contribution in [0.3, 0.4) is 0 Å². The second-order valence-corrected chi connectivity index (χ2v) is 9.76. The van der Waals surface area contributed by atoms with Gasteiger partial charge in [0.05, 0.1) is 23.8 Å². The molecule has 0 radical (unpaired) electrons. The molecule has 2 aliphatic rings. The molecular formula is C28H32ClFN4O4. The highest BCUT2D eigenvalue weighted by molar-refractivity contribution is 6.30. The topological polar surface area (TPSA) is 82.2 Å². The van der Waals surface area contributed by atoms with E-state index in [-0.39, 0.29) is 30.2 Å². The van der Waals surface area contributed by atoms with Crippen molar-refractivity contribution in [3.05, 3.63) is 81.8 Å². The number of esters is 1. The van der Waals surface area contributed by atoms with E-state index in [4.69, 9.17) is 16.3 Å². The van der Waals surface area contributed by atoms with Gasteiger partial charge in [-0.15, -0.1) is 0 Å². The summed E-state index contributed by atoms with van der Waals surface area (Å²) in [7, 11) is 0. The van der Waals surface area contributed by atoms with Gasteiger partial charge in [-0.3, -0.25) is 14.6 Å². The van der Waals surface area contributed by atoms with Crippen LogP contribution in [0.4, 0.5) is 9.18 Å². The molecular weight excluding hydrogens is 511 g/mol. The van der Waals surface area contributed by atoms with Gasteiger partial charge in [0.1, 0.15) is 5.82 Å². The molecule has 1 fully saturated rings. The molecule has 202 valence electrons. The summed E-state index contributed by atoms with van der Waals surface area (Å²) in [6.07, 6.45) is 0. The Morgan fingerprint density at radius 1 is 1.11 bits per heavy atom. The first-order valence-corrected chi connectivity index (χ1v) is 13.1. The number of amides is 3. The van der Waals surface area contributed by atoms with Crippen molar-refractivity contribution in [2.24, 2.45) is 0 Å². The molecule has 1 saturated heterocycles. The Hall–Kier alpha value is -3.43. The van der Waals surface area contributed by atoms with Crippen LogP contribution >= 0.6 is 11.6 Å². The maximum Gasteiger partial charge on any atom is 0.338 e. The average Bonchev–Trinajstić information content (AvgIpc) is 2.89. The lowest BCUT2D eigenvalue weighted by atomic mass is 9.94. The molecule has 0 saturated carbocycles. The number of hydrogen-bond donors (Lipinski definition) is 1. The number of hydrogen-bond acceptors (Lipinski definition) is 5. The molecule has 2 aliphatic heterocycles. The number of urea groups is 1. The van der Waals surface area contributed by atoms with Gasteiger partial charge in [0.15, 0.2) is 0 Å². The molecule has 2 aromatic rings. The summed E-state index contributed by atoms with van der Waals surface area (Å²) in [5.74, 6) is -1.39. The number of nitrogens with one attached hydrogen (secondary N) is 1. The van der Waals surface area contributed by atoms with Crippen LogP contribution in [-0.4, -0.2) is 78.0 Å². The Bertz CT molecular complexity index is 1240. The van der Waals surface area contributed by atoms with E-state index < -0.39 is 17.8 Å². The van der Waals surface area contributed by atoms with E-state index >= 15 is 0 Å². The Kier molecular flexibility index (Phi) is 8.69. The van der Waals surface area contributed by atoms with Gasteiger partial charge >= 0.3 is 12.0 Å². The van der Waals surface area contributed by atoms with Gasteiger partial charge in [0, 0.05) is 49.5 Å². The Balaban J connectivity index is 1.63. The molecule has 2 aromatic carbocycles. The predicted octanol–water partition coefficient (Wildman–Crippen LogP) is 4.23.